The van der Waals surface area contributed by atoms with Gasteiger partial charge in [-0.1, -0.05) is 19.1 Å². The van der Waals surface area contributed by atoms with Crippen LogP contribution in [0.2, 0.25) is 0 Å². The van der Waals surface area contributed by atoms with Crippen LogP contribution in [0.1, 0.15) is 18.9 Å². The normalized spacial score (nSPS) is 11.6. The smallest absolute Gasteiger partial charge is 0.260 e. The van der Waals surface area contributed by atoms with E-state index in [0.717, 1.165) is 5.56 Å². The van der Waals surface area contributed by atoms with Crippen LogP contribution in [-0.4, -0.2) is 19.1 Å². The molecule has 2 aromatic rings. The van der Waals surface area contributed by atoms with Crippen molar-refractivity contribution in [3.63, 3.8) is 0 Å². The van der Waals surface area contributed by atoms with Gasteiger partial charge in [-0.2, -0.15) is 0 Å². The van der Waals surface area contributed by atoms with Crippen molar-refractivity contribution in [2.75, 3.05) is 7.05 Å². The van der Waals surface area contributed by atoms with Crippen molar-refractivity contribution in [1.82, 2.24) is 5.32 Å². The maximum atomic E-state index is 13.1. The van der Waals surface area contributed by atoms with Crippen molar-refractivity contribution in [3.8, 4) is 11.5 Å². The largest absolute Gasteiger partial charge is 0.489 e. The van der Waals surface area contributed by atoms with Crippen molar-refractivity contribution >= 4 is 5.91 Å². The van der Waals surface area contributed by atoms with Crippen molar-refractivity contribution in [2.24, 2.45) is 0 Å². The lowest BCUT2D eigenvalue weighted by atomic mass is 10.2. The van der Waals surface area contributed by atoms with E-state index in [1.807, 2.05) is 6.92 Å². The molecular formula is C18H20FNO3. The zero-order chi connectivity index (χ0) is 16.7. The van der Waals surface area contributed by atoms with Gasteiger partial charge < -0.3 is 14.8 Å². The highest BCUT2D eigenvalue weighted by molar-refractivity contribution is 5.80. The second-order valence-corrected chi connectivity index (χ2v) is 5.02. The Morgan fingerprint density at radius 3 is 2.48 bits per heavy atom. The molecule has 122 valence electrons. The first-order chi connectivity index (χ1) is 11.1. The minimum atomic E-state index is -0.515. The van der Waals surface area contributed by atoms with Crippen LogP contribution in [0.25, 0.3) is 0 Å². The van der Waals surface area contributed by atoms with E-state index in [1.165, 1.54) is 12.1 Å². The molecule has 0 aliphatic heterocycles. The second-order valence-electron chi connectivity index (χ2n) is 5.02. The number of carbonyl (C=O) groups excluding carboxylic acids is 1. The Kier molecular flexibility index (Phi) is 5.97. The van der Waals surface area contributed by atoms with Crippen LogP contribution in [0.3, 0.4) is 0 Å². The van der Waals surface area contributed by atoms with Gasteiger partial charge in [-0.25, -0.2) is 4.39 Å². The summed E-state index contributed by atoms with van der Waals surface area (Å²) in [7, 11) is 1.58. The highest BCUT2D eigenvalue weighted by Crippen LogP contribution is 2.20. The molecule has 2 aromatic carbocycles. The van der Waals surface area contributed by atoms with Gasteiger partial charge in [0.25, 0.3) is 5.91 Å². The monoisotopic (exact) mass is 317 g/mol. The van der Waals surface area contributed by atoms with Crippen LogP contribution >= 0.6 is 0 Å². The lowest BCUT2D eigenvalue weighted by Crippen LogP contribution is -2.35. The number of carbonyl (C=O) groups is 1. The van der Waals surface area contributed by atoms with Crippen LogP contribution in [0, 0.1) is 5.82 Å². The predicted molar refractivity (Wildman–Crippen MR) is 85.9 cm³/mol. The number of rotatable bonds is 7. The minimum absolute atomic E-state index is 0.154. The summed E-state index contributed by atoms with van der Waals surface area (Å²) in [6.07, 6.45) is 0.0661. The average Bonchev–Trinajstić information content (AvgIpc) is 2.58. The number of halogens is 1. The summed E-state index contributed by atoms with van der Waals surface area (Å²) >= 11 is 0. The van der Waals surface area contributed by atoms with Gasteiger partial charge in [-0.3, -0.25) is 4.79 Å². The van der Waals surface area contributed by atoms with E-state index < -0.39 is 6.10 Å². The Labute approximate surface area is 135 Å². The Bertz CT molecular complexity index is 643. The summed E-state index contributed by atoms with van der Waals surface area (Å²) in [6.45, 7) is 2.17. The molecule has 0 fully saturated rings. The number of nitrogens with one attached hydrogen (secondary N) is 1. The van der Waals surface area contributed by atoms with E-state index in [0.29, 0.717) is 17.9 Å². The zero-order valence-electron chi connectivity index (χ0n) is 13.2. The Morgan fingerprint density at radius 1 is 1.17 bits per heavy atom. The summed E-state index contributed by atoms with van der Waals surface area (Å²) in [4.78, 5) is 11.6. The SMILES string of the molecule is CC[C@H](Oc1ccc(OCc2cccc(F)c2)cc1)C(=O)NC. The molecule has 0 saturated heterocycles. The van der Waals surface area contributed by atoms with Crippen LogP contribution in [-0.2, 0) is 11.4 Å². The lowest BCUT2D eigenvalue weighted by molar-refractivity contribution is -0.127. The van der Waals surface area contributed by atoms with Crippen molar-refractivity contribution in [2.45, 2.75) is 26.1 Å². The third-order valence-electron chi connectivity index (χ3n) is 3.31. The zero-order valence-corrected chi connectivity index (χ0v) is 13.2. The Balaban J connectivity index is 1.92. The molecule has 0 radical (unpaired) electrons. The fourth-order valence-electron chi connectivity index (χ4n) is 2.06. The first-order valence-corrected chi connectivity index (χ1v) is 7.48. The number of likely N-dealkylation sites (N-methyl/N-ethyl adjacent to an activating group) is 1. The first-order valence-electron chi connectivity index (χ1n) is 7.48. The number of benzene rings is 2. The van der Waals surface area contributed by atoms with Crippen LogP contribution in [0.5, 0.6) is 11.5 Å². The average molecular weight is 317 g/mol. The molecule has 0 aromatic heterocycles. The number of hydrogen-bond donors (Lipinski definition) is 1. The molecule has 23 heavy (non-hydrogen) atoms. The highest BCUT2D eigenvalue weighted by atomic mass is 19.1. The molecule has 5 heteroatoms. The summed E-state index contributed by atoms with van der Waals surface area (Å²) in [5.74, 6) is 0.807. The quantitative estimate of drug-likeness (QED) is 0.852. The first kappa shape index (κ1) is 16.8. The van der Waals surface area contributed by atoms with E-state index >= 15 is 0 Å². The van der Waals surface area contributed by atoms with Gasteiger partial charge in [-0.05, 0) is 48.4 Å². The molecule has 4 nitrogen and oxygen atoms in total. The third kappa shape index (κ3) is 4.98. The topological polar surface area (TPSA) is 47.6 Å². The molecule has 0 unspecified atom stereocenters. The lowest BCUT2D eigenvalue weighted by Gasteiger charge is -2.16. The van der Waals surface area contributed by atoms with Gasteiger partial charge in [0, 0.05) is 7.05 Å². The molecule has 0 aliphatic rings. The van der Waals surface area contributed by atoms with Crippen molar-refractivity contribution < 1.29 is 18.7 Å². The molecule has 0 aliphatic carbocycles. The van der Waals surface area contributed by atoms with E-state index in [9.17, 15) is 9.18 Å². The Morgan fingerprint density at radius 2 is 1.87 bits per heavy atom. The number of amides is 1. The summed E-state index contributed by atoms with van der Waals surface area (Å²) < 4.78 is 24.3. The molecule has 0 saturated carbocycles. The van der Waals surface area contributed by atoms with Gasteiger partial charge in [0.15, 0.2) is 6.10 Å². The molecule has 1 amide bonds. The molecular weight excluding hydrogens is 297 g/mol. The molecule has 0 heterocycles. The van der Waals surface area contributed by atoms with Crippen LogP contribution in [0.4, 0.5) is 4.39 Å². The number of ether oxygens (including phenoxy) is 2. The predicted octanol–water partition coefficient (Wildman–Crippen LogP) is 3.31. The Hall–Kier alpha value is -2.56. The molecule has 1 N–H and O–H groups in total. The maximum absolute atomic E-state index is 13.1. The molecule has 0 spiro atoms. The molecule has 1 atom stereocenters. The van der Waals surface area contributed by atoms with E-state index in [1.54, 1.807) is 43.4 Å². The van der Waals surface area contributed by atoms with Crippen LogP contribution < -0.4 is 14.8 Å². The van der Waals surface area contributed by atoms with E-state index in [4.69, 9.17) is 9.47 Å². The second kappa shape index (κ2) is 8.17. The van der Waals surface area contributed by atoms with Crippen molar-refractivity contribution in [3.05, 3.63) is 59.9 Å². The standard InChI is InChI=1S/C18H20FNO3/c1-3-17(18(21)20-2)23-16-9-7-15(8-10-16)22-12-13-5-4-6-14(19)11-13/h4-11,17H,3,12H2,1-2H3,(H,20,21)/t17-/m0/s1. The fraction of sp³-hybridized carbons (Fsp3) is 0.278. The highest BCUT2D eigenvalue weighted by Gasteiger charge is 2.16. The van der Waals surface area contributed by atoms with Gasteiger partial charge >= 0.3 is 0 Å². The third-order valence-corrected chi connectivity index (χ3v) is 3.31. The van der Waals surface area contributed by atoms with Crippen LogP contribution in [0.15, 0.2) is 48.5 Å². The van der Waals surface area contributed by atoms with E-state index in [-0.39, 0.29) is 18.3 Å². The summed E-state index contributed by atoms with van der Waals surface area (Å²) in [6, 6.07) is 13.3. The maximum Gasteiger partial charge on any atom is 0.260 e. The summed E-state index contributed by atoms with van der Waals surface area (Å²) in [5.41, 5.74) is 0.760. The van der Waals surface area contributed by atoms with Gasteiger partial charge in [0.2, 0.25) is 0 Å². The molecule has 2 rings (SSSR count). The minimum Gasteiger partial charge on any atom is -0.489 e. The molecule has 0 bridgehead atoms. The fourth-order valence-corrected chi connectivity index (χ4v) is 2.06. The van der Waals surface area contributed by atoms with Crippen molar-refractivity contribution in [1.29, 1.82) is 0 Å². The van der Waals surface area contributed by atoms with Gasteiger partial charge in [0.05, 0.1) is 0 Å². The van der Waals surface area contributed by atoms with Gasteiger partial charge in [-0.15, -0.1) is 0 Å². The number of hydrogen-bond acceptors (Lipinski definition) is 3. The van der Waals surface area contributed by atoms with E-state index in [2.05, 4.69) is 5.32 Å². The summed E-state index contributed by atoms with van der Waals surface area (Å²) in [5, 5.41) is 2.57. The van der Waals surface area contributed by atoms with Gasteiger partial charge in [0.1, 0.15) is 23.9 Å².